The number of methoxy groups -OCH3 is 1. The Balaban J connectivity index is 1.80. The second-order valence-electron chi connectivity index (χ2n) is 6.95. The van der Waals surface area contributed by atoms with Crippen molar-refractivity contribution in [2.75, 3.05) is 12.4 Å². The highest BCUT2D eigenvalue weighted by Crippen LogP contribution is 2.37. The molecule has 0 bridgehead atoms. The van der Waals surface area contributed by atoms with E-state index in [2.05, 4.69) is 5.32 Å². The molecule has 0 aliphatic carbocycles. The number of halogens is 1. The summed E-state index contributed by atoms with van der Waals surface area (Å²) in [5, 5.41) is 3.34. The predicted molar refractivity (Wildman–Crippen MR) is 125 cm³/mol. The van der Waals surface area contributed by atoms with Gasteiger partial charge in [0.25, 0.3) is 5.91 Å². The lowest BCUT2D eigenvalue weighted by Crippen LogP contribution is -2.19. The van der Waals surface area contributed by atoms with Crippen molar-refractivity contribution in [3.63, 3.8) is 0 Å². The van der Waals surface area contributed by atoms with Crippen LogP contribution in [0.15, 0.2) is 75.2 Å². The number of hydrogen-bond donors (Lipinski definition) is 1. The van der Waals surface area contributed by atoms with Crippen molar-refractivity contribution in [1.82, 2.24) is 9.13 Å². The van der Waals surface area contributed by atoms with E-state index in [4.69, 9.17) is 16.3 Å². The van der Waals surface area contributed by atoms with Gasteiger partial charge < -0.3 is 10.1 Å². The van der Waals surface area contributed by atoms with Gasteiger partial charge in [0.15, 0.2) is 0 Å². The smallest absolute Gasteiger partial charge is 0.328 e. The Morgan fingerprint density at radius 1 is 1.00 bits per heavy atom. The molecular weight excluding hydrogens is 434 g/mol. The average Bonchev–Trinajstić information content (AvgIpc) is 2.98. The van der Waals surface area contributed by atoms with Gasteiger partial charge in [-0.1, -0.05) is 35.5 Å². The van der Waals surface area contributed by atoms with Crippen LogP contribution in [0.2, 0.25) is 5.02 Å². The number of carbonyl (C=O) groups is 1. The maximum absolute atomic E-state index is 12.9. The predicted octanol–water partition coefficient (Wildman–Crippen LogP) is 4.94. The number of nitrogens with zero attached hydrogens (tertiary/aromatic N) is 2. The van der Waals surface area contributed by atoms with Crippen molar-refractivity contribution < 1.29 is 9.53 Å². The molecule has 0 saturated heterocycles. The molecule has 0 saturated carbocycles. The van der Waals surface area contributed by atoms with E-state index < -0.39 is 0 Å². The second kappa shape index (κ2) is 8.53. The normalized spacial score (nSPS) is 11.0. The van der Waals surface area contributed by atoms with Crippen molar-refractivity contribution in [2.45, 2.75) is 9.79 Å². The van der Waals surface area contributed by atoms with Gasteiger partial charge in [0.2, 0.25) is 0 Å². The number of fused-ring (bicyclic) bond motifs is 1. The van der Waals surface area contributed by atoms with Crippen LogP contribution in [0.4, 0.5) is 5.69 Å². The molecule has 31 heavy (non-hydrogen) atoms. The molecule has 0 aliphatic rings. The summed E-state index contributed by atoms with van der Waals surface area (Å²) in [4.78, 5) is 27.1. The van der Waals surface area contributed by atoms with Gasteiger partial charge in [0, 0.05) is 23.9 Å². The van der Waals surface area contributed by atoms with Gasteiger partial charge in [-0.05, 0) is 48.5 Å². The van der Waals surface area contributed by atoms with Gasteiger partial charge in [0.1, 0.15) is 5.75 Å². The summed E-state index contributed by atoms with van der Waals surface area (Å²) >= 11 is 7.69. The molecule has 4 aromatic rings. The third-order valence-electron chi connectivity index (χ3n) is 5.03. The fourth-order valence-electron chi connectivity index (χ4n) is 3.31. The van der Waals surface area contributed by atoms with Crippen molar-refractivity contribution in [1.29, 1.82) is 0 Å². The maximum Gasteiger partial charge on any atom is 0.328 e. The summed E-state index contributed by atoms with van der Waals surface area (Å²) in [6.45, 7) is 0. The summed E-state index contributed by atoms with van der Waals surface area (Å²) in [7, 11) is 5.06. The summed E-state index contributed by atoms with van der Waals surface area (Å²) in [6.07, 6.45) is 0. The largest absolute Gasteiger partial charge is 0.497 e. The number of hydrogen-bond acceptors (Lipinski definition) is 4. The van der Waals surface area contributed by atoms with E-state index in [1.807, 2.05) is 36.4 Å². The van der Waals surface area contributed by atoms with Crippen LogP contribution < -0.4 is 15.7 Å². The molecule has 0 fully saturated rings. The van der Waals surface area contributed by atoms with Crippen LogP contribution in [0.25, 0.3) is 11.0 Å². The number of carbonyl (C=O) groups excluding carboxylic acids is 1. The van der Waals surface area contributed by atoms with Gasteiger partial charge in [-0.2, -0.15) is 0 Å². The molecule has 1 heterocycles. The molecule has 158 valence electrons. The average molecular weight is 454 g/mol. The zero-order valence-corrected chi connectivity index (χ0v) is 18.8. The number of rotatable bonds is 5. The van der Waals surface area contributed by atoms with E-state index in [-0.39, 0.29) is 11.6 Å². The number of ether oxygens (including phenoxy) is 1. The highest BCUT2D eigenvalue weighted by Gasteiger charge is 2.17. The Morgan fingerprint density at radius 3 is 2.29 bits per heavy atom. The van der Waals surface area contributed by atoms with Crippen molar-refractivity contribution in [2.24, 2.45) is 14.1 Å². The molecule has 0 atom stereocenters. The highest BCUT2D eigenvalue weighted by molar-refractivity contribution is 7.99. The Hall–Kier alpha value is -3.16. The lowest BCUT2D eigenvalue weighted by Gasteiger charge is -2.13. The van der Waals surface area contributed by atoms with Gasteiger partial charge in [-0.3, -0.25) is 13.9 Å². The third-order valence-corrected chi connectivity index (χ3v) is 6.42. The van der Waals surface area contributed by atoms with Crippen LogP contribution >= 0.6 is 23.4 Å². The monoisotopic (exact) mass is 453 g/mol. The molecule has 0 spiro atoms. The SMILES string of the molecule is COc1ccc(Sc2cc3c(cc2NC(=O)c2ccccc2Cl)n(C)c(=O)n3C)cc1. The number of anilines is 1. The molecule has 0 unspecified atom stereocenters. The topological polar surface area (TPSA) is 65.3 Å². The maximum atomic E-state index is 12.9. The lowest BCUT2D eigenvalue weighted by atomic mass is 10.2. The van der Waals surface area contributed by atoms with Crippen molar-refractivity contribution in [3.8, 4) is 5.75 Å². The van der Waals surface area contributed by atoms with E-state index in [9.17, 15) is 9.59 Å². The summed E-state index contributed by atoms with van der Waals surface area (Å²) in [5.41, 5.74) is 2.34. The molecule has 1 amide bonds. The number of nitrogens with one attached hydrogen (secondary N) is 1. The van der Waals surface area contributed by atoms with Crippen molar-refractivity contribution >= 4 is 46.0 Å². The highest BCUT2D eigenvalue weighted by atomic mass is 35.5. The van der Waals surface area contributed by atoms with Gasteiger partial charge in [-0.25, -0.2) is 4.79 Å². The zero-order valence-electron chi connectivity index (χ0n) is 17.2. The van der Waals surface area contributed by atoms with Crippen LogP contribution in [-0.2, 0) is 14.1 Å². The van der Waals surface area contributed by atoms with E-state index in [1.54, 1.807) is 54.6 Å². The second-order valence-corrected chi connectivity index (χ2v) is 8.47. The summed E-state index contributed by atoms with van der Waals surface area (Å²) < 4.78 is 8.37. The van der Waals surface area contributed by atoms with Crippen LogP contribution in [0.3, 0.4) is 0 Å². The molecule has 8 heteroatoms. The minimum absolute atomic E-state index is 0.134. The van der Waals surface area contributed by atoms with Crippen LogP contribution in [0.5, 0.6) is 5.75 Å². The standard InChI is InChI=1S/C23H20ClN3O3S/c1-26-19-12-18(25-22(28)16-6-4-5-7-17(16)24)21(13-20(19)27(2)23(26)29)31-15-10-8-14(30-3)9-11-15/h4-13H,1-3H3,(H,25,28). The molecule has 0 radical (unpaired) electrons. The summed E-state index contributed by atoms with van der Waals surface area (Å²) in [6, 6.07) is 18.2. The summed E-state index contributed by atoms with van der Waals surface area (Å²) in [5.74, 6) is 0.444. The molecule has 0 aliphatic heterocycles. The van der Waals surface area contributed by atoms with Crippen molar-refractivity contribution in [3.05, 3.63) is 81.7 Å². The molecule has 6 nitrogen and oxygen atoms in total. The van der Waals surface area contributed by atoms with E-state index in [0.717, 1.165) is 26.6 Å². The van der Waals surface area contributed by atoms with E-state index >= 15 is 0 Å². The van der Waals surface area contributed by atoms with Crippen LogP contribution in [-0.4, -0.2) is 22.2 Å². The lowest BCUT2D eigenvalue weighted by molar-refractivity contribution is 0.102. The fourth-order valence-corrected chi connectivity index (χ4v) is 4.45. The first-order valence-corrected chi connectivity index (χ1v) is 10.7. The quantitative estimate of drug-likeness (QED) is 0.464. The number of amides is 1. The number of aryl methyl sites for hydroxylation is 2. The first-order chi connectivity index (χ1) is 14.9. The first kappa shape index (κ1) is 21.1. The van der Waals surface area contributed by atoms with Gasteiger partial charge in [0.05, 0.1) is 34.4 Å². The Kier molecular flexibility index (Phi) is 5.80. The first-order valence-electron chi connectivity index (χ1n) is 9.46. The molecular formula is C23H20ClN3O3S. The fraction of sp³-hybridized carbons (Fsp3) is 0.130. The van der Waals surface area contributed by atoms with Gasteiger partial charge in [-0.15, -0.1) is 0 Å². The molecule has 4 rings (SSSR count). The molecule has 1 aromatic heterocycles. The molecule has 3 aromatic carbocycles. The Bertz CT molecular complexity index is 1340. The number of benzene rings is 3. The van der Waals surface area contributed by atoms with Crippen LogP contribution in [0, 0.1) is 0 Å². The Labute approximate surface area is 188 Å². The van der Waals surface area contributed by atoms with E-state index in [1.165, 1.54) is 11.8 Å². The number of imidazole rings is 1. The minimum atomic E-state index is -0.317. The van der Waals surface area contributed by atoms with Gasteiger partial charge >= 0.3 is 5.69 Å². The Morgan fingerprint density at radius 2 is 1.65 bits per heavy atom. The molecule has 1 N–H and O–H groups in total. The van der Waals surface area contributed by atoms with Crippen LogP contribution in [0.1, 0.15) is 10.4 Å². The third kappa shape index (κ3) is 4.06. The zero-order chi connectivity index (χ0) is 22.1. The minimum Gasteiger partial charge on any atom is -0.497 e. The number of aromatic nitrogens is 2. The van der Waals surface area contributed by atoms with E-state index in [0.29, 0.717) is 16.3 Å².